The molecule has 1 rings (SSSR count). The lowest BCUT2D eigenvalue weighted by atomic mass is 10.0. The Morgan fingerprint density at radius 2 is 2.00 bits per heavy atom. The maximum Gasteiger partial charge on any atom is 0.322 e. The molecule has 1 unspecified atom stereocenters. The molecule has 0 aliphatic carbocycles. The average Bonchev–Trinajstić information content (AvgIpc) is 2.53. The van der Waals surface area contributed by atoms with Crippen LogP contribution in [0, 0.1) is 5.92 Å². The molecule has 7 nitrogen and oxygen atoms in total. The number of halogens is 1. The van der Waals surface area contributed by atoms with Gasteiger partial charge < -0.3 is 14.6 Å². The van der Waals surface area contributed by atoms with Crippen molar-refractivity contribution in [3.05, 3.63) is 23.2 Å². The van der Waals surface area contributed by atoms with Gasteiger partial charge in [-0.25, -0.2) is 8.42 Å². The molecule has 0 aliphatic heterocycles. The molecule has 0 aliphatic rings. The number of ether oxygens (including phenoxy) is 2. The van der Waals surface area contributed by atoms with Gasteiger partial charge in [-0.15, -0.1) is 0 Å². The van der Waals surface area contributed by atoms with Crippen LogP contribution in [0.25, 0.3) is 0 Å². The highest BCUT2D eigenvalue weighted by molar-refractivity contribution is 7.89. The van der Waals surface area contributed by atoms with Crippen LogP contribution in [0.2, 0.25) is 5.02 Å². The van der Waals surface area contributed by atoms with E-state index in [1.54, 1.807) is 20.8 Å². The van der Waals surface area contributed by atoms with Gasteiger partial charge in [-0.05, 0) is 31.0 Å². The summed E-state index contributed by atoms with van der Waals surface area (Å²) >= 11 is 5.92. The molecule has 0 aromatic heterocycles. The summed E-state index contributed by atoms with van der Waals surface area (Å²) in [5, 5.41) is 9.52. The van der Waals surface area contributed by atoms with Gasteiger partial charge in [-0.3, -0.25) is 4.79 Å². The Bertz CT molecular complexity index is 694. The summed E-state index contributed by atoms with van der Waals surface area (Å²) in [4.78, 5) is 11.2. The average molecular weight is 394 g/mol. The highest BCUT2D eigenvalue weighted by atomic mass is 35.5. The van der Waals surface area contributed by atoms with E-state index in [-0.39, 0.29) is 28.2 Å². The fraction of sp³-hybridized carbons (Fsp3) is 0.562. The first-order chi connectivity index (χ1) is 11.6. The van der Waals surface area contributed by atoms with Gasteiger partial charge in [-0.1, -0.05) is 31.9 Å². The van der Waals surface area contributed by atoms with Gasteiger partial charge in [0.1, 0.15) is 22.8 Å². The summed E-state index contributed by atoms with van der Waals surface area (Å²) in [6, 6.07) is 2.91. The van der Waals surface area contributed by atoms with Crippen LogP contribution < -0.4 is 9.46 Å². The van der Waals surface area contributed by atoms with E-state index >= 15 is 0 Å². The number of nitrogens with one attached hydrogen (secondary N) is 1. The SMILES string of the molecule is CC[C@H](C)[C@H](NS(=O)(=O)c1cc(Cl)ccc1OC(C)COC)C(=O)O. The lowest BCUT2D eigenvalue weighted by Gasteiger charge is -2.22. The third-order valence-corrected chi connectivity index (χ3v) is 5.38. The van der Waals surface area contributed by atoms with Gasteiger partial charge in [0.05, 0.1) is 6.61 Å². The Kier molecular flexibility index (Phi) is 8.14. The fourth-order valence-corrected chi connectivity index (χ4v) is 3.85. The smallest absolute Gasteiger partial charge is 0.322 e. The summed E-state index contributed by atoms with van der Waals surface area (Å²) < 4.78 is 38.3. The monoisotopic (exact) mass is 393 g/mol. The lowest BCUT2D eigenvalue weighted by molar-refractivity contribution is -0.140. The highest BCUT2D eigenvalue weighted by Crippen LogP contribution is 2.29. The largest absolute Gasteiger partial charge is 0.487 e. The van der Waals surface area contributed by atoms with Crippen LogP contribution in [-0.4, -0.2) is 45.4 Å². The van der Waals surface area contributed by atoms with Gasteiger partial charge in [-0.2, -0.15) is 4.72 Å². The van der Waals surface area contributed by atoms with Crippen LogP contribution in [0.15, 0.2) is 23.1 Å². The van der Waals surface area contributed by atoms with Gasteiger partial charge >= 0.3 is 5.97 Å². The Labute approximate surface area is 153 Å². The number of hydrogen-bond donors (Lipinski definition) is 2. The van der Waals surface area contributed by atoms with Crippen LogP contribution in [0.3, 0.4) is 0 Å². The molecule has 0 heterocycles. The molecule has 0 radical (unpaired) electrons. The molecule has 3 atom stereocenters. The minimum absolute atomic E-state index is 0.0785. The molecule has 1 aromatic rings. The number of benzene rings is 1. The van der Waals surface area contributed by atoms with Crippen molar-refractivity contribution >= 4 is 27.6 Å². The van der Waals surface area contributed by atoms with Crippen molar-refractivity contribution in [1.82, 2.24) is 4.72 Å². The van der Waals surface area contributed by atoms with Gasteiger partial charge in [0.15, 0.2) is 0 Å². The number of sulfonamides is 1. The molecule has 9 heteroatoms. The zero-order chi connectivity index (χ0) is 19.2. The second-order valence-corrected chi connectivity index (χ2v) is 7.92. The topological polar surface area (TPSA) is 102 Å². The predicted molar refractivity (Wildman–Crippen MR) is 94.6 cm³/mol. The summed E-state index contributed by atoms with van der Waals surface area (Å²) in [5.41, 5.74) is 0. The van der Waals surface area contributed by atoms with E-state index in [9.17, 15) is 18.3 Å². The van der Waals surface area contributed by atoms with E-state index in [1.165, 1.54) is 25.3 Å². The lowest BCUT2D eigenvalue weighted by Crippen LogP contribution is -2.45. The van der Waals surface area contributed by atoms with Crippen molar-refractivity contribution in [2.24, 2.45) is 5.92 Å². The first-order valence-electron chi connectivity index (χ1n) is 7.82. The first-order valence-corrected chi connectivity index (χ1v) is 9.68. The van der Waals surface area contributed by atoms with Gasteiger partial charge in [0.2, 0.25) is 10.0 Å². The zero-order valence-corrected chi connectivity index (χ0v) is 16.2. The van der Waals surface area contributed by atoms with E-state index in [4.69, 9.17) is 21.1 Å². The summed E-state index contributed by atoms with van der Waals surface area (Å²) in [7, 11) is -2.65. The van der Waals surface area contributed by atoms with Crippen LogP contribution in [-0.2, 0) is 19.6 Å². The van der Waals surface area contributed by atoms with Crippen LogP contribution in [0.5, 0.6) is 5.75 Å². The summed E-state index contributed by atoms with van der Waals surface area (Å²) in [6.45, 7) is 5.44. The van der Waals surface area contributed by atoms with Crippen molar-refractivity contribution in [3.63, 3.8) is 0 Å². The van der Waals surface area contributed by atoms with Crippen LogP contribution in [0.1, 0.15) is 27.2 Å². The Morgan fingerprint density at radius 3 is 2.52 bits per heavy atom. The van der Waals surface area contributed by atoms with Crippen LogP contribution in [0.4, 0.5) is 0 Å². The molecule has 0 saturated heterocycles. The highest BCUT2D eigenvalue weighted by Gasteiger charge is 2.31. The third-order valence-electron chi connectivity index (χ3n) is 3.69. The molecule has 0 fully saturated rings. The number of aliphatic carboxylic acids is 1. The number of hydrogen-bond acceptors (Lipinski definition) is 5. The number of carboxylic acid groups (broad SMARTS) is 1. The number of methoxy groups -OCH3 is 1. The molecule has 142 valence electrons. The second kappa shape index (κ2) is 9.38. The predicted octanol–water partition coefficient (Wildman–Crippen LogP) is 2.53. The van der Waals surface area contributed by atoms with Crippen LogP contribution >= 0.6 is 11.6 Å². The Hall–Kier alpha value is -1.35. The molecule has 0 saturated carbocycles. The molecular weight excluding hydrogens is 370 g/mol. The molecular formula is C16H24ClNO6S. The molecule has 25 heavy (non-hydrogen) atoms. The van der Waals surface area contributed by atoms with E-state index < -0.39 is 28.1 Å². The van der Waals surface area contributed by atoms with Gasteiger partial charge in [0.25, 0.3) is 0 Å². The molecule has 1 aromatic carbocycles. The minimum atomic E-state index is -4.15. The van der Waals surface area contributed by atoms with E-state index in [2.05, 4.69) is 4.72 Å². The Morgan fingerprint density at radius 1 is 1.36 bits per heavy atom. The quantitative estimate of drug-likeness (QED) is 0.633. The second-order valence-electron chi connectivity index (χ2n) is 5.80. The number of carbonyl (C=O) groups is 1. The summed E-state index contributed by atoms with van der Waals surface area (Å²) in [6.07, 6.45) is 0.105. The fourth-order valence-electron chi connectivity index (χ4n) is 2.15. The first kappa shape index (κ1) is 21.7. The summed E-state index contributed by atoms with van der Waals surface area (Å²) in [5.74, 6) is -1.55. The normalized spacial score (nSPS) is 15.4. The van der Waals surface area contributed by atoms with Crippen molar-refractivity contribution in [2.75, 3.05) is 13.7 Å². The molecule has 0 spiro atoms. The van der Waals surface area contributed by atoms with E-state index in [0.29, 0.717) is 6.42 Å². The third kappa shape index (κ3) is 6.14. The zero-order valence-electron chi connectivity index (χ0n) is 14.7. The maximum absolute atomic E-state index is 12.7. The van der Waals surface area contributed by atoms with E-state index in [1.807, 2.05) is 0 Å². The van der Waals surface area contributed by atoms with E-state index in [0.717, 1.165) is 0 Å². The number of rotatable bonds is 10. The Balaban J connectivity index is 3.22. The molecule has 0 bridgehead atoms. The van der Waals surface area contributed by atoms with Crippen molar-refractivity contribution in [2.45, 2.75) is 44.2 Å². The van der Waals surface area contributed by atoms with Crippen molar-refractivity contribution in [3.8, 4) is 5.75 Å². The molecule has 0 amide bonds. The standard InChI is InChI=1S/C16H24ClNO6S/c1-5-10(2)15(16(19)20)18-25(21,22)14-8-12(17)6-7-13(14)24-11(3)9-23-4/h6-8,10-11,15,18H,5,9H2,1-4H3,(H,19,20)/t10-,11?,15-/m0/s1. The van der Waals surface area contributed by atoms with Crippen molar-refractivity contribution < 1.29 is 27.8 Å². The van der Waals surface area contributed by atoms with Crippen molar-refractivity contribution in [1.29, 1.82) is 0 Å². The molecule has 2 N–H and O–H groups in total. The number of carboxylic acids is 1. The minimum Gasteiger partial charge on any atom is -0.487 e. The maximum atomic E-state index is 12.7. The van der Waals surface area contributed by atoms with Gasteiger partial charge in [0, 0.05) is 12.1 Å².